The number of hydrogen-bond acceptors (Lipinski definition) is 5. The van der Waals surface area contributed by atoms with Crippen LogP contribution in [0.15, 0.2) is 18.2 Å². The van der Waals surface area contributed by atoms with Gasteiger partial charge in [-0.2, -0.15) is 0 Å². The summed E-state index contributed by atoms with van der Waals surface area (Å²) >= 11 is 0. The molecule has 1 aromatic carbocycles. The minimum Gasteiger partial charge on any atom is -0.381 e. The third kappa shape index (κ3) is 4.18. The lowest BCUT2D eigenvalue weighted by molar-refractivity contribution is -0.139. The maximum absolute atomic E-state index is 12.9. The Kier molecular flexibility index (Phi) is 5.67. The summed E-state index contributed by atoms with van der Waals surface area (Å²) in [6.45, 7) is 4.03. The van der Waals surface area contributed by atoms with Gasteiger partial charge in [-0.05, 0) is 43.1 Å². The number of likely N-dealkylation sites (N-methyl/N-ethyl adjacent to an activating group) is 1. The van der Waals surface area contributed by atoms with E-state index in [1.165, 1.54) is 0 Å². The first-order valence-corrected chi connectivity index (χ1v) is 8.70. The Hall–Kier alpha value is -1.96. The number of hydroxylamine groups is 1. The Labute approximate surface area is 147 Å². The summed E-state index contributed by atoms with van der Waals surface area (Å²) in [6, 6.07) is 5.37. The van der Waals surface area contributed by atoms with Crippen molar-refractivity contribution in [1.82, 2.24) is 15.3 Å². The number of amides is 2. The van der Waals surface area contributed by atoms with E-state index >= 15 is 0 Å². The molecule has 7 heteroatoms. The predicted molar refractivity (Wildman–Crippen MR) is 91.0 cm³/mol. The maximum Gasteiger partial charge on any atom is 0.274 e. The molecule has 3 rings (SSSR count). The molecule has 1 aromatic rings. The van der Waals surface area contributed by atoms with Gasteiger partial charge in [-0.1, -0.05) is 6.07 Å². The van der Waals surface area contributed by atoms with Crippen LogP contribution in [0.5, 0.6) is 0 Å². The van der Waals surface area contributed by atoms with Crippen molar-refractivity contribution in [3.63, 3.8) is 0 Å². The van der Waals surface area contributed by atoms with Gasteiger partial charge in [-0.25, -0.2) is 5.48 Å². The van der Waals surface area contributed by atoms with Gasteiger partial charge in [0, 0.05) is 50.9 Å². The van der Waals surface area contributed by atoms with Gasteiger partial charge < -0.3 is 14.5 Å². The Morgan fingerprint density at radius 2 is 1.92 bits per heavy atom. The minimum atomic E-state index is -0.541. The van der Waals surface area contributed by atoms with Gasteiger partial charge in [-0.15, -0.1) is 0 Å². The number of nitrogens with zero attached hydrogens (tertiary/aromatic N) is 2. The van der Waals surface area contributed by atoms with Crippen LogP contribution in [0.3, 0.4) is 0 Å². The lowest BCUT2D eigenvalue weighted by atomic mass is 9.96. The second-order valence-electron chi connectivity index (χ2n) is 6.81. The van der Waals surface area contributed by atoms with E-state index in [1.54, 1.807) is 17.6 Å². The SMILES string of the molecule is CN1CCN(C(=O)C2CCOCC2)Cc2cc(C(=O)NO)ccc2C1. The van der Waals surface area contributed by atoms with Gasteiger partial charge in [0.25, 0.3) is 5.91 Å². The van der Waals surface area contributed by atoms with E-state index in [2.05, 4.69) is 4.90 Å². The van der Waals surface area contributed by atoms with Crippen LogP contribution in [0.4, 0.5) is 0 Å². The molecule has 25 heavy (non-hydrogen) atoms. The zero-order valence-corrected chi connectivity index (χ0v) is 14.5. The van der Waals surface area contributed by atoms with Crippen molar-refractivity contribution in [2.45, 2.75) is 25.9 Å². The highest BCUT2D eigenvalue weighted by atomic mass is 16.5. The predicted octanol–water partition coefficient (Wildman–Crippen LogP) is 1.01. The van der Waals surface area contributed by atoms with Crippen molar-refractivity contribution in [1.29, 1.82) is 0 Å². The minimum absolute atomic E-state index is 0.0193. The first-order chi connectivity index (χ1) is 12.1. The highest BCUT2D eigenvalue weighted by Crippen LogP contribution is 2.23. The van der Waals surface area contributed by atoms with E-state index in [-0.39, 0.29) is 11.8 Å². The van der Waals surface area contributed by atoms with Crippen molar-refractivity contribution in [3.05, 3.63) is 34.9 Å². The van der Waals surface area contributed by atoms with Crippen LogP contribution >= 0.6 is 0 Å². The van der Waals surface area contributed by atoms with Crippen LogP contribution < -0.4 is 5.48 Å². The Morgan fingerprint density at radius 3 is 2.64 bits per heavy atom. The van der Waals surface area contributed by atoms with Crippen LogP contribution in [-0.2, 0) is 22.6 Å². The molecule has 2 amide bonds. The number of carbonyl (C=O) groups excluding carboxylic acids is 2. The number of benzene rings is 1. The van der Waals surface area contributed by atoms with E-state index in [1.807, 2.05) is 18.0 Å². The number of nitrogens with one attached hydrogen (secondary N) is 1. The summed E-state index contributed by atoms with van der Waals surface area (Å²) in [7, 11) is 2.03. The van der Waals surface area contributed by atoms with E-state index < -0.39 is 5.91 Å². The molecule has 2 aliphatic rings. The molecule has 0 bridgehead atoms. The topological polar surface area (TPSA) is 82.1 Å². The fourth-order valence-corrected chi connectivity index (χ4v) is 3.47. The molecule has 0 unspecified atom stereocenters. The van der Waals surface area contributed by atoms with Crippen LogP contribution in [0, 0.1) is 5.92 Å². The molecule has 1 fully saturated rings. The van der Waals surface area contributed by atoms with E-state index in [4.69, 9.17) is 9.94 Å². The van der Waals surface area contributed by atoms with Crippen LogP contribution in [0.2, 0.25) is 0 Å². The monoisotopic (exact) mass is 347 g/mol. The molecule has 0 aliphatic carbocycles. The smallest absolute Gasteiger partial charge is 0.274 e. The van der Waals surface area contributed by atoms with Gasteiger partial charge in [0.05, 0.1) is 0 Å². The summed E-state index contributed by atoms with van der Waals surface area (Å²) in [6.07, 6.45) is 1.54. The molecule has 2 heterocycles. The second kappa shape index (κ2) is 7.95. The number of hydrogen-bond donors (Lipinski definition) is 2. The summed E-state index contributed by atoms with van der Waals surface area (Å²) in [5.41, 5.74) is 4.11. The highest BCUT2D eigenvalue weighted by Gasteiger charge is 2.28. The summed E-state index contributed by atoms with van der Waals surface area (Å²) in [5, 5.41) is 8.86. The summed E-state index contributed by atoms with van der Waals surface area (Å²) in [4.78, 5) is 28.7. The lowest BCUT2D eigenvalue weighted by Gasteiger charge is -2.33. The van der Waals surface area contributed by atoms with E-state index in [0.29, 0.717) is 31.9 Å². The molecule has 1 saturated heterocycles. The molecule has 2 aliphatic heterocycles. The molecule has 0 saturated carbocycles. The molecule has 7 nitrogen and oxygen atoms in total. The summed E-state index contributed by atoms with van der Waals surface area (Å²) in [5.74, 6) is -0.354. The third-order valence-electron chi connectivity index (χ3n) is 5.01. The number of carbonyl (C=O) groups is 2. The van der Waals surface area contributed by atoms with Gasteiger partial charge in [0.2, 0.25) is 5.91 Å². The van der Waals surface area contributed by atoms with Crippen molar-refractivity contribution >= 4 is 11.8 Å². The number of fused-ring (bicyclic) bond motifs is 1. The van der Waals surface area contributed by atoms with Crippen molar-refractivity contribution < 1.29 is 19.5 Å². The van der Waals surface area contributed by atoms with Crippen LogP contribution in [0.25, 0.3) is 0 Å². The highest BCUT2D eigenvalue weighted by molar-refractivity contribution is 5.93. The van der Waals surface area contributed by atoms with Crippen molar-refractivity contribution in [2.75, 3.05) is 33.4 Å². The molecule has 0 spiro atoms. The van der Waals surface area contributed by atoms with Gasteiger partial charge in [-0.3, -0.25) is 14.8 Å². The molecule has 2 N–H and O–H groups in total. The van der Waals surface area contributed by atoms with E-state index in [9.17, 15) is 9.59 Å². The maximum atomic E-state index is 12.9. The fourth-order valence-electron chi connectivity index (χ4n) is 3.47. The average molecular weight is 347 g/mol. The fraction of sp³-hybridized carbons (Fsp3) is 0.556. The molecule has 0 radical (unpaired) electrons. The quantitative estimate of drug-likeness (QED) is 0.616. The molecular formula is C18H25N3O4. The summed E-state index contributed by atoms with van der Waals surface area (Å²) < 4.78 is 5.36. The van der Waals surface area contributed by atoms with Crippen molar-refractivity contribution in [2.24, 2.45) is 5.92 Å². The van der Waals surface area contributed by atoms with Gasteiger partial charge in [0.15, 0.2) is 0 Å². The van der Waals surface area contributed by atoms with Crippen LogP contribution in [0.1, 0.15) is 34.3 Å². The van der Waals surface area contributed by atoms with E-state index in [0.717, 1.165) is 37.1 Å². The molecule has 136 valence electrons. The Balaban J connectivity index is 1.85. The molecule has 0 atom stereocenters. The second-order valence-corrected chi connectivity index (χ2v) is 6.81. The van der Waals surface area contributed by atoms with Gasteiger partial charge >= 0.3 is 0 Å². The Bertz CT molecular complexity index is 643. The molecule has 0 aromatic heterocycles. The van der Waals surface area contributed by atoms with Crippen molar-refractivity contribution in [3.8, 4) is 0 Å². The zero-order chi connectivity index (χ0) is 17.8. The first kappa shape index (κ1) is 17.8. The number of ether oxygens (including phenoxy) is 1. The first-order valence-electron chi connectivity index (χ1n) is 8.70. The largest absolute Gasteiger partial charge is 0.381 e. The third-order valence-corrected chi connectivity index (χ3v) is 5.01. The number of rotatable bonds is 2. The molecular weight excluding hydrogens is 322 g/mol. The average Bonchev–Trinajstić information content (AvgIpc) is 2.64. The standard InChI is InChI=1S/C18H25N3O4/c1-20-6-7-21(18(23)13-4-8-25-9-5-13)12-16-10-14(17(22)19-24)2-3-15(16)11-20/h2-3,10,13,24H,4-9,11-12H2,1H3,(H,19,22). The normalized spacial score (nSPS) is 19.7. The lowest BCUT2D eigenvalue weighted by Crippen LogP contribution is -2.43. The Morgan fingerprint density at radius 1 is 1.16 bits per heavy atom. The van der Waals surface area contributed by atoms with Crippen LogP contribution in [-0.4, -0.2) is 60.2 Å². The van der Waals surface area contributed by atoms with Gasteiger partial charge in [0.1, 0.15) is 0 Å². The zero-order valence-electron chi connectivity index (χ0n) is 14.5.